The van der Waals surface area contributed by atoms with Crippen molar-refractivity contribution in [2.24, 2.45) is 11.8 Å². The zero-order valence-corrected chi connectivity index (χ0v) is 9.91. The minimum Gasteiger partial charge on any atom is -0.165 e. The number of thioether (sulfide) groups is 1. The van der Waals surface area contributed by atoms with Gasteiger partial charge < -0.3 is 0 Å². The first-order valence-corrected chi connectivity index (χ1v) is 6.60. The maximum Gasteiger partial charge on any atom is -0.00677 e. The number of rotatable bonds is 7. The molecule has 0 radical (unpaired) electrons. The fraction of sp³-hybridized carbons (Fsp3) is 1.00. The molecule has 74 valence electrons. The molecule has 2 unspecified atom stereocenters. The fourth-order valence-corrected chi connectivity index (χ4v) is 2.01. The van der Waals surface area contributed by atoms with Crippen LogP contribution < -0.4 is 0 Å². The van der Waals surface area contributed by atoms with Gasteiger partial charge in [-0.05, 0) is 30.3 Å². The topological polar surface area (TPSA) is 0 Å². The predicted molar refractivity (Wildman–Crippen MR) is 60.9 cm³/mol. The second-order valence-electron chi connectivity index (χ2n) is 3.88. The van der Waals surface area contributed by atoms with Crippen LogP contribution in [0.15, 0.2) is 0 Å². The van der Waals surface area contributed by atoms with Crippen molar-refractivity contribution in [3.8, 4) is 0 Å². The average Bonchev–Trinajstić information content (AvgIpc) is 2.10. The first-order chi connectivity index (χ1) is 5.72. The van der Waals surface area contributed by atoms with Crippen LogP contribution in [0, 0.1) is 11.8 Å². The van der Waals surface area contributed by atoms with E-state index in [-0.39, 0.29) is 0 Å². The van der Waals surface area contributed by atoms with Crippen molar-refractivity contribution >= 4 is 11.8 Å². The van der Waals surface area contributed by atoms with Crippen LogP contribution in [0.3, 0.4) is 0 Å². The second-order valence-corrected chi connectivity index (χ2v) is 4.86. The van der Waals surface area contributed by atoms with Crippen LogP contribution in [0.2, 0.25) is 0 Å². The molecule has 0 amide bonds. The van der Waals surface area contributed by atoms with Gasteiger partial charge in [0.2, 0.25) is 0 Å². The molecule has 1 heteroatoms. The largest absolute Gasteiger partial charge is 0.165 e. The normalized spacial score (nSPS) is 16.0. The van der Waals surface area contributed by atoms with Gasteiger partial charge in [-0.3, -0.25) is 0 Å². The standard InChI is InChI=1S/C11H24S/c1-5-6-7-10(2)11(3)8-9-12-4/h10-11H,5-9H2,1-4H3. The van der Waals surface area contributed by atoms with Crippen LogP contribution in [-0.4, -0.2) is 12.0 Å². The van der Waals surface area contributed by atoms with Crippen molar-refractivity contribution < 1.29 is 0 Å². The summed E-state index contributed by atoms with van der Waals surface area (Å²) < 4.78 is 0. The molecule has 0 aromatic heterocycles. The van der Waals surface area contributed by atoms with Crippen molar-refractivity contribution in [2.75, 3.05) is 12.0 Å². The Labute approximate surface area is 82.5 Å². The van der Waals surface area contributed by atoms with Crippen molar-refractivity contribution in [3.05, 3.63) is 0 Å². The van der Waals surface area contributed by atoms with Gasteiger partial charge in [-0.1, -0.05) is 40.0 Å². The van der Waals surface area contributed by atoms with Gasteiger partial charge in [0, 0.05) is 0 Å². The predicted octanol–water partition coefficient (Wildman–Crippen LogP) is 4.20. The van der Waals surface area contributed by atoms with E-state index in [4.69, 9.17) is 0 Å². The Morgan fingerprint density at radius 1 is 1.08 bits per heavy atom. The second kappa shape index (κ2) is 7.97. The Balaban J connectivity index is 3.39. The number of hydrogen-bond acceptors (Lipinski definition) is 1. The van der Waals surface area contributed by atoms with Crippen LogP contribution in [-0.2, 0) is 0 Å². The highest BCUT2D eigenvalue weighted by molar-refractivity contribution is 7.98. The third kappa shape index (κ3) is 5.93. The van der Waals surface area contributed by atoms with Gasteiger partial charge in [0.25, 0.3) is 0 Å². The molecule has 0 bridgehead atoms. The summed E-state index contributed by atoms with van der Waals surface area (Å²) in [7, 11) is 0. The van der Waals surface area contributed by atoms with Gasteiger partial charge in [-0.15, -0.1) is 0 Å². The van der Waals surface area contributed by atoms with E-state index >= 15 is 0 Å². The van der Waals surface area contributed by atoms with Crippen LogP contribution >= 0.6 is 11.8 Å². The van der Waals surface area contributed by atoms with Gasteiger partial charge in [-0.2, -0.15) is 11.8 Å². The molecule has 0 aliphatic heterocycles. The Bertz CT molecular complexity index is 79.0. The third-order valence-electron chi connectivity index (χ3n) is 2.76. The van der Waals surface area contributed by atoms with Crippen molar-refractivity contribution in [1.82, 2.24) is 0 Å². The molecule has 0 spiro atoms. The van der Waals surface area contributed by atoms with Gasteiger partial charge in [0.1, 0.15) is 0 Å². The zero-order chi connectivity index (χ0) is 9.40. The van der Waals surface area contributed by atoms with E-state index in [1.165, 1.54) is 31.4 Å². The Hall–Kier alpha value is 0.350. The monoisotopic (exact) mass is 188 g/mol. The summed E-state index contributed by atoms with van der Waals surface area (Å²) in [6.45, 7) is 7.08. The van der Waals surface area contributed by atoms with Gasteiger partial charge in [0.15, 0.2) is 0 Å². The lowest BCUT2D eigenvalue weighted by Crippen LogP contribution is -2.08. The Kier molecular flexibility index (Phi) is 8.20. The summed E-state index contributed by atoms with van der Waals surface area (Å²) in [5, 5.41) is 0. The average molecular weight is 188 g/mol. The van der Waals surface area contributed by atoms with E-state index < -0.39 is 0 Å². The lowest BCUT2D eigenvalue weighted by molar-refractivity contribution is 0.348. The Morgan fingerprint density at radius 2 is 1.67 bits per heavy atom. The fourth-order valence-electron chi connectivity index (χ4n) is 1.40. The summed E-state index contributed by atoms with van der Waals surface area (Å²) in [5.74, 6) is 3.18. The van der Waals surface area contributed by atoms with Gasteiger partial charge in [-0.25, -0.2) is 0 Å². The van der Waals surface area contributed by atoms with Gasteiger partial charge in [0.05, 0.1) is 0 Å². The molecule has 0 rings (SSSR count). The van der Waals surface area contributed by atoms with Crippen LogP contribution in [0.4, 0.5) is 0 Å². The molecule has 0 aliphatic rings. The molecule has 0 nitrogen and oxygen atoms in total. The van der Waals surface area contributed by atoms with E-state index in [0.717, 1.165) is 11.8 Å². The summed E-state index contributed by atoms with van der Waals surface area (Å²) >= 11 is 1.97. The third-order valence-corrected chi connectivity index (χ3v) is 3.41. The summed E-state index contributed by atoms with van der Waals surface area (Å²) in [4.78, 5) is 0. The van der Waals surface area contributed by atoms with Gasteiger partial charge >= 0.3 is 0 Å². The summed E-state index contributed by atoms with van der Waals surface area (Å²) in [6, 6.07) is 0. The molecule has 0 heterocycles. The highest BCUT2D eigenvalue weighted by Gasteiger charge is 2.10. The molecule has 0 saturated heterocycles. The van der Waals surface area contributed by atoms with E-state index in [1.807, 2.05) is 11.8 Å². The lowest BCUT2D eigenvalue weighted by Gasteiger charge is -2.18. The highest BCUT2D eigenvalue weighted by atomic mass is 32.2. The Morgan fingerprint density at radius 3 is 2.17 bits per heavy atom. The maximum absolute atomic E-state index is 2.40. The molecular formula is C11H24S. The van der Waals surface area contributed by atoms with E-state index in [0.29, 0.717) is 0 Å². The number of hydrogen-bond donors (Lipinski definition) is 0. The maximum atomic E-state index is 2.40. The zero-order valence-electron chi connectivity index (χ0n) is 9.10. The van der Waals surface area contributed by atoms with Crippen LogP contribution in [0.5, 0.6) is 0 Å². The molecular weight excluding hydrogens is 164 g/mol. The molecule has 12 heavy (non-hydrogen) atoms. The SMILES string of the molecule is CCCCC(C)C(C)CCSC. The summed E-state index contributed by atoms with van der Waals surface area (Å²) in [5.41, 5.74) is 0. The van der Waals surface area contributed by atoms with E-state index in [9.17, 15) is 0 Å². The minimum absolute atomic E-state index is 0.920. The highest BCUT2D eigenvalue weighted by Crippen LogP contribution is 2.21. The van der Waals surface area contributed by atoms with Crippen molar-refractivity contribution in [3.63, 3.8) is 0 Å². The van der Waals surface area contributed by atoms with Crippen molar-refractivity contribution in [1.29, 1.82) is 0 Å². The molecule has 0 aliphatic carbocycles. The molecule has 0 aromatic carbocycles. The molecule has 0 N–H and O–H groups in total. The molecule has 0 saturated carbocycles. The van der Waals surface area contributed by atoms with Crippen molar-refractivity contribution in [2.45, 2.75) is 46.5 Å². The first-order valence-electron chi connectivity index (χ1n) is 5.21. The molecule has 2 atom stereocenters. The van der Waals surface area contributed by atoms with Crippen LogP contribution in [0.1, 0.15) is 46.5 Å². The quantitative estimate of drug-likeness (QED) is 0.577. The van der Waals surface area contributed by atoms with Crippen LogP contribution in [0.25, 0.3) is 0 Å². The first kappa shape index (κ1) is 12.3. The smallest absolute Gasteiger partial charge is 0.00677 e. The molecule has 0 fully saturated rings. The summed E-state index contributed by atoms with van der Waals surface area (Å²) in [6.07, 6.45) is 7.77. The minimum atomic E-state index is 0.920. The lowest BCUT2D eigenvalue weighted by atomic mass is 9.89. The van der Waals surface area contributed by atoms with E-state index in [1.54, 1.807) is 0 Å². The number of unbranched alkanes of at least 4 members (excludes halogenated alkanes) is 1. The van der Waals surface area contributed by atoms with E-state index in [2.05, 4.69) is 27.0 Å². The molecule has 0 aromatic rings.